The van der Waals surface area contributed by atoms with E-state index in [1.807, 2.05) is 30.3 Å². The van der Waals surface area contributed by atoms with E-state index in [2.05, 4.69) is 6.58 Å². The predicted molar refractivity (Wildman–Crippen MR) is 83.6 cm³/mol. The normalized spacial score (nSPS) is 18.7. The van der Waals surface area contributed by atoms with Crippen LogP contribution in [0.15, 0.2) is 72.1 Å². The summed E-state index contributed by atoms with van der Waals surface area (Å²) >= 11 is 0. The molecule has 1 atom stereocenters. The third kappa shape index (κ3) is 2.23. The van der Waals surface area contributed by atoms with Crippen LogP contribution < -0.4 is 0 Å². The molecule has 1 heterocycles. The van der Waals surface area contributed by atoms with Crippen molar-refractivity contribution in [3.8, 4) is 0 Å². The summed E-state index contributed by atoms with van der Waals surface area (Å²) < 4.78 is 26.2. The summed E-state index contributed by atoms with van der Waals surface area (Å²) in [5, 5.41) is 0. The topological polar surface area (TPSA) is 54.5 Å². The van der Waals surface area contributed by atoms with E-state index in [1.165, 1.54) is 0 Å². The van der Waals surface area contributed by atoms with Gasteiger partial charge in [0.05, 0.1) is 10.9 Å². The molecule has 3 rings (SSSR count). The lowest BCUT2D eigenvalue weighted by atomic mass is 9.99. The fourth-order valence-corrected chi connectivity index (χ4v) is 4.58. The molecule has 112 valence electrons. The molecule has 0 aliphatic carbocycles. The van der Waals surface area contributed by atoms with Crippen LogP contribution in [0, 0.1) is 0 Å². The lowest BCUT2D eigenvalue weighted by Crippen LogP contribution is -2.34. The lowest BCUT2D eigenvalue weighted by Gasteiger charge is -2.22. The number of carbonyl (C=O) groups is 1. The van der Waals surface area contributed by atoms with Crippen LogP contribution in [0.2, 0.25) is 0 Å². The van der Waals surface area contributed by atoms with Crippen LogP contribution in [0.5, 0.6) is 0 Å². The van der Waals surface area contributed by atoms with E-state index in [-0.39, 0.29) is 4.90 Å². The van der Waals surface area contributed by atoms with Crippen LogP contribution in [-0.2, 0) is 21.2 Å². The van der Waals surface area contributed by atoms with Gasteiger partial charge in [-0.2, -0.15) is 0 Å². The van der Waals surface area contributed by atoms with E-state index >= 15 is 0 Å². The highest BCUT2D eigenvalue weighted by Gasteiger charge is 2.44. The first-order chi connectivity index (χ1) is 10.6. The fraction of sp³-hybridized carbons (Fsp3) is 0.118. The maximum Gasteiger partial charge on any atom is 0.267 e. The fourth-order valence-electron chi connectivity index (χ4n) is 2.78. The monoisotopic (exact) mass is 313 g/mol. The Morgan fingerprint density at radius 1 is 1.09 bits per heavy atom. The largest absolute Gasteiger partial charge is 0.269 e. The van der Waals surface area contributed by atoms with Gasteiger partial charge in [0.15, 0.2) is 0 Å². The molecule has 1 aliphatic rings. The first-order valence-electron chi connectivity index (χ1n) is 6.89. The van der Waals surface area contributed by atoms with Gasteiger partial charge < -0.3 is 0 Å². The molecule has 0 fully saturated rings. The molecule has 0 unspecified atom stereocenters. The minimum Gasteiger partial charge on any atom is -0.269 e. The molecule has 0 saturated carbocycles. The van der Waals surface area contributed by atoms with E-state index in [1.54, 1.807) is 24.3 Å². The molecule has 0 radical (unpaired) electrons. The minimum absolute atomic E-state index is 0.200. The Hall–Kier alpha value is -2.40. The molecule has 0 bridgehead atoms. The molecule has 2 aromatic carbocycles. The average Bonchev–Trinajstić information content (AvgIpc) is 2.76. The van der Waals surface area contributed by atoms with E-state index in [0.29, 0.717) is 12.0 Å². The molecule has 22 heavy (non-hydrogen) atoms. The summed E-state index contributed by atoms with van der Waals surface area (Å²) in [7, 11) is -3.81. The number of fused-ring (bicyclic) bond motifs is 1. The van der Waals surface area contributed by atoms with E-state index in [9.17, 15) is 13.2 Å². The van der Waals surface area contributed by atoms with Crippen molar-refractivity contribution >= 4 is 15.9 Å². The zero-order valence-electron chi connectivity index (χ0n) is 11.8. The number of hydrogen-bond acceptors (Lipinski definition) is 3. The molecule has 5 heteroatoms. The molecular weight excluding hydrogens is 298 g/mol. The van der Waals surface area contributed by atoms with Crippen LogP contribution in [0.1, 0.15) is 17.2 Å². The van der Waals surface area contributed by atoms with Gasteiger partial charge in [0.25, 0.3) is 15.9 Å². The number of rotatable bonds is 3. The second-order valence-electron chi connectivity index (χ2n) is 5.09. The third-order valence-electron chi connectivity index (χ3n) is 3.76. The molecule has 2 aromatic rings. The van der Waals surface area contributed by atoms with Gasteiger partial charge in [-0.3, -0.25) is 4.79 Å². The molecule has 1 amide bonds. The van der Waals surface area contributed by atoms with E-state index in [0.717, 1.165) is 15.9 Å². The average molecular weight is 313 g/mol. The number of benzene rings is 2. The molecule has 0 aromatic heterocycles. The highest BCUT2D eigenvalue weighted by atomic mass is 32.2. The molecule has 0 N–H and O–H groups in total. The highest BCUT2D eigenvalue weighted by molar-refractivity contribution is 7.90. The van der Waals surface area contributed by atoms with Gasteiger partial charge in [-0.15, -0.1) is 0 Å². The summed E-state index contributed by atoms with van der Waals surface area (Å²) in [6, 6.07) is 15.7. The van der Waals surface area contributed by atoms with Crippen molar-refractivity contribution in [2.45, 2.75) is 17.4 Å². The van der Waals surface area contributed by atoms with Crippen molar-refractivity contribution in [1.82, 2.24) is 4.31 Å². The van der Waals surface area contributed by atoms with Gasteiger partial charge in [-0.25, -0.2) is 12.7 Å². The van der Waals surface area contributed by atoms with Crippen molar-refractivity contribution in [3.63, 3.8) is 0 Å². The number of hydrogen-bond donors (Lipinski definition) is 0. The summed E-state index contributed by atoms with van der Waals surface area (Å²) in [5.41, 5.74) is 1.63. The summed E-state index contributed by atoms with van der Waals surface area (Å²) in [5.74, 6) is -0.600. The van der Waals surface area contributed by atoms with Crippen molar-refractivity contribution < 1.29 is 13.2 Å². The zero-order chi connectivity index (χ0) is 15.7. The van der Waals surface area contributed by atoms with Gasteiger partial charge in [0.1, 0.15) is 0 Å². The number of amides is 1. The van der Waals surface area contributed by atoms with Crippen LogP contribution in [0.4, 0.5) is 0 Å². The third-order valence-corrected chi connectivity index (χ3v) is 5.64. The standard InChI is InChI=1S/C17H15NO3S/c1-2-17(19)18-15(12-13-8-4-3-5-9-13)14-10-6-7-11-16(14)22(18,20)21/h2-11,15H,1,12H2/t15-/m0/s1. The zero-order valence-corrected chi connectivity index (χ0v) is 12.7. The molecular formula is C17H15NO3S. The van der Waals surface area contributed by atoms with Crippen molar-refractivity contribution in [1.29, 1.82) is 0 Å². The van der Waals surface area contributed by atoms with Crippen LogP contribution >= 0.6 is 0 Å². The van der Waals surface area contributed by atoms with Gasteiger partial charge in [0.2, 0.25) is 0 Å². The minimum atomic E-state index is -3.81. The lowest BCUT2D eigenvalue weighted by molar-refractivity contribution is -0.122. The Labute approximate surface area is 129 Å². The van der Waals surface area contributed by atoms with E-state index < -0.39 is 22.0 Å². The maximum atomic E-state index is 12.6. The molecule has 0 saturated heterocycles. The SMILES string of the molecule is C=CC(=O)N1[C@@H](Cc2ccccc2)c2ccccc2S1(=O)=O. The van der Waals surface area contributed by atoms with Gasteiger partial charge in [-0.05, 0) is 29.7 Å². The van der Waals surface area contributed by atoms with Crippen molar-refractivity contribution in [2.24, 2.45) is 0 Å². The van der Waals surface area contributed by atoms with Crippen molar-refractivity contribution in [2.75, 3.05) is 0 Å². The quantitative estimate of drug-likeness (QED) is 0.819. The Morgan fingerprint density at radius 2 is 1.73 bits per heavy atom. The molecule has 4 nitrogen and oxygen atoms in total. The number of carbonyl (C=O) groups excluding carboxylic acids is 1. The summed E-state index contributed by atoms with van der Waals surface area (Å²) in [6.07, 6.45) is 1.48. The predicted octanol–water partition coefficient (Wildman–Crippen LogP) is 2.69. The first-order valence-corrected chi connectivity index (χ1v) is 8.33. The summed E-state index contributed by atoms with van der Waals surface area (Å²) in [4.78, 5) is 12.3. The second-order valence-corrected chi connectivity index (χ2v) is 6.87. The number of nitrogens with zero attached hydrogens (tertiary/aromatic N) is 1. The van der Waals surface area contributed by atoms with Gasteiger partial charge in [-0.1, -0.05) is 55.1 Å². The van der Waals surface area contributed by atoms with E-state index in [4.69, 9.17) is 0 Å². The van der Waals surface area contributed by atoms with Crippen molar-refractivity contribution in [3.05, 3.63) is 78.4 Å². The Kier molecular flexibility index (Phi) is 3.58. The van der Waals surface area contributed by atoms with Crippen LogP contribution in [0.25, 0.3) is 0 Å². The Balaban J connectivity index is 2.12. The highest BCUT2D eigenvalue weighted by Crippen LogP contribution is 2.41. The van der Waals surface area contributed by atoms with Gasteiger partial charge >= 0.3 is 0 Å². The van der Waals surface area contributed by atoms with Crippen LogP contribution in [0.3, 0.4) is 0 Å². The summed E-state index contributed by atoms with van der Waals surface area (Å²) in [6.45, 7) is 3.42. The van der Waals surface area contributed by atoms with Gasteiger partial charge in [0, 0.05) is 0 Å². The Morgan fingerprint density at radius 3 is 2.41 bits per heavy atom. The molecule has 0 spiro atoms. The second kappa shape index (κ2) is 5.42. The smallest absolute Gasteiger partial charge is 0.267 e. The molecule has 1 aliphatic heterocycles. The Bertz CT molecular complexity index is 828. The number of sulfonamides is 1. The maximum absolute atomic E-state index is 12.6. The van der Waals surface area contributed by atoms with Crippen LogP contribution in [-0.4, -0.2) is 18.6 Å². The first kappa shape index (κ1) is 14.5.